The normalized spacial score (nSPS) is 9.55. The molecule has 0 aromatic heterocycles. The van der Waals surface area contributed by atoms with Crippen molar-refractivity contribution in [3.63, 3.8) is 0 Å². The molecule has 2 heteroatoms. The van der Waals surface area contributed by atoms with Crippen molar-refractivity contribution in [3.8, 4) is 0 Å². The molecule has 0 N–H and O–H groups in total. The molecule has 0 rings (SSSR count). The molecule has 68 valence electrons. The largest absolute Gasteiger partial charge is 1.00 e. The molecule has 0 atom stereocenters. The molecule has 0 amide bonds. The standard InChI is InChI=1S/C5H11.2C2H5.ClH.Sn/c1-4-5(2)3;2*1-2;;/h5H,1,4H2,2-3H3;2*1H2,2H3;1H;/q;;;;+1/p-1. The van der Waals surface area contributed by atoms with E-state index in [1.807, 2.05) is 0 Å². The first-order valence-corrected chi connectivity index (χ1v) is 10.6. The Morgan fingerprint density at radius 1 is 1.09 bits per heavy atom. The van der Waals surface area contributed by atoms with Crippen LogP contribution in [0.3, 0.4) is 0 Å². The van der Waals surface area contributed by atoms with E-state index in [0.29, 0.717) is 0 Å². The predicted molar refractivity (Wildman–Crippen MR) is 51.0 cm³/mol. The Balaban J connectivity index is 0. The van der Waals surface area contributed by atoms with Crippen molar-refractivity contribution >= 4 is 19.8 Å². The fraction of sp³-hybridized carbons (Fsp3) is 1.00. The van der Waals surface area contributed by atoms with Gasteiger partial charge in [0.05, 0.1) is 0 Å². The summed E-state index contributed by atoms with van der Waals surface area (Å²) in [4.78, 5) is 0. The summed E-state index contributed by atoms with van der Waals surface area (Å²) in [6, 6.07) is 0. The summed E-state index contributed by atoms with van der Waals surface area (Å²) in [6.07, 6.45) is 1.50. The van der Waals surface area contributed by atoms with Crippen LogP contribution in [-0.4, -0.2) is 19.8 Å². The molecule has 0 aliphatic heterocycles. The smallest absolute Gasteiger partial charge is 1.00 e. The summed E-state index contributed by atoms with van der Waals surface area (Å²) in [7, 11) is 0. The zero-order valence-corrected chi connectivity index (χ0v) is 11.9. The third-order valence-electron chi connectivity index (χ3n) is 2.08. The van der Waals surface area contributed by atoms with Crippen LogP contribution in [0.1, 0.15) is 34.1 Å². The van der Waals surface area contributed by atoms with Crippen LogP contribution in [0, 0.1) is 5.92 Å². The summed E-state index contributed by atoms with van der Waals surface area (Å²) < 4.78 is 4.75. The van der Waals surface area contributed by atoms with Gasteiger partial charge in [0.15, 0.2) is 0 Å². The molecule has 0 bridgehead atoms. The Hall–Kier alpha value is 1.09. The van der Waals surface area contributed by atoms with Gasteiger partial charge in [0.2, 0.25) is 0 Å². The van der Waals surface area contributed by atoms with Crippen molar-refractivity contribution < 1.29 is 12.4 Å². The van der Waals surface area contributed by atoms with Crippen LogP contribution in [0.25, 0.3) is 0 Å². The zero-order chi connectivity index (χ0) is 7.98. The minimum absolute atomic E-state index is 0. The molecule has 0 fully saturated rings. The second-order valence-electron chi connectivity index (χ2n) is 3.39. The quantitative estimate of drug-likeness (QED) is 0.647. The Labute approximate surface area is 85.3 Å². The van der Waals surface area contributed by atoms with Gasteiger partial charge in [-0.2, -0.15) is 0 Å². The summed E-state index contributed by atoms with van der Waals surface area (Å²) in [5, 5.41) is 0. The van der Waals surface area contributed by atoms with E-state index in [4.69, 9.17) is 0 Å². The van der Waals surface area contributed by atoms with E-state index in [1.54, 1.807) is 13.3 Å². The van der Waals surface area contributed by atoms with E-state index < -0.39 is 19.8 Å². The van der Waals surface area contributed by atoms with Crippen molar-refractivity contribution in [3.05, 3.63) is 0 Å². The average molecular weight is 283 g/mol. The Morgan fingerprint density at radius 2 is 1.55 bits per heavy atom. The third kappa shape index (κ3) is 9.00. The summed E-state index contributed by atoms with van der Waals surface area (Å²) >= 11 is -0.763. The van der Waals surface area contributed by atoms with Gasteiger partial charge in [-0.1, -0.05) is 0 Å². The van der Waals surface area contributed by atoms with Gasteiger partial charge in [-0.3, -0.25) is 0 Å². The average Bonchev–Trinajstić information content (AvgIpc) is 1.90. The first-order valence-electron chi connectivity index (χ1n) is 4.54. The van der Waals surface area contributed by atoms with E-state index in [-0.39, 0.29) is 12.4 Å². The third-order valence-corrected chi connectivity index (χ3v) is 10.6. The van der Waals surface area contributed by atoms with E-state index >= 15 is 0 Å². The van der Waals surface area contributed by atoms with Crippen molar-refractivity contribution in [1.29, 1.82) is 0 Å². The number of hydrogen-bond donors (Lipinski definition) is 0. The van der Waals surface area contributed by atoms with Crippen molar-refractivity contribution in [2.24, 2.45) is 5.92 Å². The Bertz CT molecular complexity index is 70.0. The molecule has 0 aromatic rings. The number of rotatable bonds is 5. The number of hydrogen-bond acceptors (Lipinski definition) is 0. The predicted octanol–water partition coefficient (Wildman–Crippen LogP) is 0.571. The van der Waals surface area contributed by atoms with E-state index in [2.05, 4.69) is 27.7 Å². The van der Waals surface area contributed by atoms with Crippen LogP contribution in [0.5, 0.6) is 0 Å². The van der Waals surface area contributed by atoms with Gasteiger partial charge in [-0.15, -0.1) is 0 Å². The molecule has 0 saturated heterocycles. The molecule has 0 aliphatic carbocycles. The SMILES string of the molecule is C[CH2][Sn+]([CH2]C)[CH2]CC(C)C.[Cl-]. The van der Waals surface area contributed by atoms with Crippen LogP contribution >= 0.6 is 0 Å². The first-order chi connectivity index (χ1) is 4.70. The Kier molecular flexibility index (Phi) is 12.2. The van der Waals surface area contributed by atoms with Crippen LogP contribution in [0.4, 0.5) is 0 Å². The molecule has 0 aromatic carbocycles. The van der Waals surface area contributed by atoms with Gasteiger partial charge in [-0.05, 0) is 0 Å². The molecule has 0 spiro atoms. The fourth-order valence-electron chi connectivity index (χ4n) is 1.10. The van der Waals surface area contributed by atoms with Gasteiger partial charge < -0.3 is 12.4 Å². The van der Waals surface area contributed by atoms with Crippen LogP contribution in [-0.2, 0) is 0 Å². The van der Waals surface area contributed by atoms with Crippen LogP contribution < -0.4 is 12.4 Å². The topological polar surface area (TPSA) is 0 Å². The zero-order valence-electron chi connectivity index (χ0n) is 8.28. The number of halogens is 1. The summed E-state index contributed by atoms with van der Waals surface area (Å²) in [5.41, 5.74) is 0. The van der Waals surface area contributed by atoms with Crippen molar-refractivity contribution in [2.45, 2.75) is 47.4 Å². The molecule has 0 radical (unpaired) electrons. The van der Waals surface area contributed by atoms with Gasteiger partial charge in [0.1, 0.15) is 0 Å². The maximum absolute atomic E-state index is 2.39. The maximum atomic E-state index is 2.39. The van der Waals surface area contributed by atoms with Crippen molar-refractivity contribution in [2.75, 3.05) is 0 Å². The molecule has 0 aliphatic rings. The second kappa shape index (κ2) is 9.18. The van der Waals surface area contributed by atoms with E-state index in [0.717, 1.165) is 5.92 Å². The van der Waals surface area contributed by atoms with Gasteiger partial charge in [0, 0.05) is 0 Å². The van der Waals surface area contributed by atoms with Crippen LogP contribution in [0.15, 0.2) is 0 Å². The molecule has 11 heavy (non-hydrogen) atoms. The van der Waals surface area contributed by atoms with E-state index in [9.17, 15) is 0 Å². The molecular formula is C9H21ClSn. The molecular weight excluding hydrogens is 262 g/mol. The molecule has 0 heterocycles. The minimum atomic E-state index is -0.763. The van der Waals surface area contributed by atoms with Gasteiger partial charge >= 0.3 is 73.1 Å². The monoisotopic (exact) mass is 284 g/mol. The molecule has 0 saturated carbocycles. The fourth-order valence-corrected chi connectivity index (χ4v) is 7.35. The summed E-state index contributed by atoms with van der Waals surface area (Å²) in [5.74, 6) is 0.939. The van der Waals surface area contributed by atoms with Crippen LogP contribution in [0.2, 0.25) is 13.3 Å². The second-order valence-corrected chi connectivity index (χ2v) is 13.1. The summed E-state index contributed by atoms with van der Waals surface area (Å²) in [6.45, 7) is 9.45. The van der Waals surface area contributed by atoms with Gasteiger partial charge in [-0.25, -0.2) is 0 Å². The maximum Gasteiger partial charge on any atom is -1.00 e. The molecule has 0 unspecified atom stereocenters. The van der Waals surface area contributed by atoms with Gasteiger partial charge in [0.25, 0.3) is 0 Å². The Morgan fingerprint density at radius 3 is 1.82 bits per heavy atom. The first kappa shape index (κ1) is 14.6. The minimum Gasteiger partial charge on any atom is -1.00 e. The molecule has 0 nitrogen and oxygen atoms in total. The van der Waals surface area contributed by atoms with E-state index in [1.165, 1.54) is 6.42 Å². The van der Waals surface area contributed by atoms with Crippen molar-refractivity contribution in [1.82, 2.24) is 0 Å².